The van der Waals surface area contributed by atoms with Gasteiger partial charge in [0.2, 0.25) is 0 Å². The fourth-order valence-electron chi connectivity index (χ4n) is 1.82. The Balaban J connectivity index is 2.80. The van der Waals surface area contributed by atoms with E-state index < -0.39 is 0 Å². The minimum Gasteiger partial charge on any atom is -0.465 e. The molecule has 1 rings (SSSR count). The van der Waals surface area contributed by atoms with Gasteiger partial charge in [-0.25, -0.2) is 0 Å². The van der Waals surface area contributed by atoms with Crippen LogP contribution < -0.4 is 0 Å². The van der Waals surface area contributed by atoms with Crippen molar-refractivity contribution in [1.29, 1.82) is 0 Å². The van der Waals surface area contributed by atoms with Crippen LogP contribution in [0.3, 0.4) is 0 Å². The van der Waals surface area contributed by atoms with Crippen molar-refractivity contribution < 1.29 is 14.3 Å². The summed E-state index contributed by atoms with van der Waals surface area (Å²) in [6.07, 6.45) is 0.916. The fourth-order valence-corrected chi connectivity index (χ4v) is 2.90. The van der Waals surface area contributed by atoms with Gasteiger partial charge in [0.15, 0.2) is 0 Å². The van der Waals surface area contributed by atoms with Gasteiger partial charge >= 0.3 is 5.97 Å². The second-order valence-corrected chi connectivity index (χ2v) is 5.43. The number of nitrogens with zero attached hydrogens (tertiary/aromatic N) is 1. The van der Waals surface area contributed by atoms with Crippen LogP contribution in [-0.4, -0.2) is 36.5 Å². The molecule has 0 bridgehead atoms. The van der Waals surface area contributed by atoms with E-state index in [1.165, 1.54) is 21.8 Å². The first-order chi connectivity index (χ1) is 9.03. The molecular formula is C14H21NO3S. The van der Waals surface area contributed by atoms with Crippen LogP contribution in [0, 0.1) is 6.92 Å². The van der Waals surface area contributed by atoms with Gasteiger partial charge in [0.25, 0.3) is 5.91 Å². The third-order valence-electron chi connectivity index (χ3n) is 2.91. The lowest BCUT2D eigenvalue weighted by molar-refractivity contribution is -0.143. The maximum atomic E-state index is 12.3. The van der Waals surface area contributed by atoms with Crippen LogP contribution in [0.15, 0.2) is 6.07 Å². The Kier molecular flexibility index (Phi) is 6.02. The SMILES string of the molecule is CCOC(=O)CN(CC)C(=O)c1cc(CC)c(C)s1. The van der Waals surface area contributed by atoms with E-state index in [4.69, 9.17) is 4.74 Å². The number of ether oxygens (including phenoxy) is 1. The number of carbonyl (C=O) groups excluding carboxylic acids is 2. The molecule has 0 atom stereocenters. The number of carbonyl (C=O) groups is 2. The second-order valence-electron chi connectivity index (χ2n) is 4.17. The van der Waals surface area contributed by atoms with Gasteiger partial charge in [0.05, 0.1) is 11.5 Å². The predicted octanol–water partition coefficient (Wildman–Crippen LogP) is 2.64. The van der Waals surface area contributed by atoms with Crippen LogP contribution in [0.5, 0.6) is 0 Å². The van der Waals surface area contributed by atoms with Crippen molar-refractivity contribution in [3.8, 4) is 0 Å². The molecule has 5 heteroatoms. The van der Waals surface area contributed by atoms with E-state index in [1.54, 1.807) is 6.92 Å². The topological polar surface area (TPSA) is 46.6 Å². The summed E-state index contributed by atoms with van der Waals surface area (Å²) in [7, 11) is 0. The van der Waals surface area contributed by atoms with Gasteiger partial charge in [-0.3, -0.25) is 9.59 Å². The van der Waals surface area contributed by atoms with Crippen LogP contribution in [-0.2, 0) is 16.0 Å². The summed E-state index contributed by atoms with van der Waals surface area (Å²) in [4.78, 5) is 27.2. The average Bonchev–Trinajstić information content (AvgIpc) is 2.76. The zero-order valence-electron chi connectivity index (χ0n) is 12.0. The number of aryl methyl sites for hydroxylation is 2. The lowest BCUT2D eigenvalue weighted by atomic mass is 10.2. The van der Waals surface area contributed by atoms with Crippen LogP contribution in [0.4, 0.5) is 0 Å². The Morgan fingerprint density at radius 1 is 1.32 bits per heavy atom. The van der Waals surface area contributed by atoms with Crippen molar-refractivity contribution in [3.63, 3.8) is 0 Å². The largest absolute Gasteiger partial charge is 0.465 e. The summed E-state index contributed by atoms with van der Waals surface area (Å²) < 4.78 is 4.88. The van der Waals surface area contributed by atoms with Crippen molar-refractivity contribution in [1.82, 2.24) is 4.90 Å². The maximum Gasteiger partial charge on any atom is 0.325 e. The van der Waals surface area contributed by atoms with Gasteiger partial charge in [-0.05, 0) is 38.8 Å². The molecule has 0 aromatic carbocycles. The zero-order chi connectivity index (χ0) is 14.4. The minimum atomic E-state index is -0.360. The molecule has 1 amide bonds. The Hall–Kier alpha value is -1.36. The Labute approximate surface area is 118 Å². The molecule has 0 fully saturated rings. The lowest BCUT2D eigenvalue weighted by Gasteiger charge is -2.18. The quantitative estimate of drug-likeness (QED) is 0.754. The third-order valence-corrected chi connectivity index (χ3v) is 3.99. The molecule has 0 N–H and O–H groups in total. The van der Waals surface area contributed by atoms with E-state index in [2.05, 4.69) is 6.92 Å². The monoisotopic (exact) mass is 283 g/mol. The number of thiophene rings is 1. The Morgan fingerprint density at radius 2 is 2.00 bits per heavy atom. The number of hydrogen-bond acceptors (Lipinski definition) is 4. The zero-order valence-corrected chi connectivity index (χ0v) is 12.8. The predicted molar refractivity (Wildman–Crippen MR) is 76.6 cm³/mol. The molecule has 106 valence electrons. The standard InChI is InChI=1S/C14H21NO3S/c1-5-11-8-12(19-10(11)4)14(17)15(6-2)9-13(16)18-7-3/h8H,5-7,9H2,1-4H3. The molecule has 0 saturated heterocycles. The molecule has 1 aromatic heterocycles. The van der Waals surface area contributed by atoms with Gasteiger partial charge in [-0.2, -0.15) is 0 Å². The summed E-state index contributed by atoms with van der Waals surface area (Å²) in [5, 5.41) is 0. The van der Waals surface area contributed by atoms with Gasteiger partial charge in [-0.1, -0.05) is 6.92 Å². The van der Waals surface area contributed by atoms with E-state index in [9.17, 15) is 9.59 Å². The molecule has 0 aliphatic heterocycles. The van der Waals surface area contributed by atoms with Crippen LogP contribution >= 0.6 is 11.3 Å². The summed E-state index contributed by atoms with van der Waals surface area (Å²) >= 11 is 1.49. The summed E-state index contributed by atoms with van der Waals surface area (Å²) in [5.41, 5.74) is 1.19. The van der Waals surface area contributed by atoms with E-state index in [0.717, 1.165) is 11.3 Å². The first-order valence-electron chi connectivity index (χ1n) is 6.57. The van der Waals surface area contributed by atoms with E-state index >= 15 is 0 Å². The number of esters is 1. The van der Waals surface area contributed by atoms with Gasteiger partial charge in [0.1, 0.15) is 6.54 Å². The Morgan fingerprint density at radius 3 is 2.47 bits per heavy atom. The maximum absolute atomic E-state index is 12.3. The molecule has 1 aromatic rings. The Bertz CT molecular complexity index is 454. The first-order valence-corrected chi connectivity index (χ1v) is 7.39. The smallest absolute Gasteiger partial charge is 0.325 e. The third kappa shape index (κ3) is 4.06. The number of likely N-dealkylation sites (N-methyl/N-ethyl adjacent to an activating group) is 1. The first kappa shape index (κ1) is 15.7. The molecule has 0 saturated carbocycles. The van der Waals surface area contributed by atoms with E-state index in [1.807, 2.05) is 19.9 Å². The summed E-state index contributed by atoms with van der Waals surface area (Å²) in [5.74, 6) is -0.454. The van der Waals surface area contributed by atoms with Crippen molar-refractivity contribution in [2.24, 2.45) is 0 Å². The van der Waals surface area contributed by atoms with Crippen LogP contribution in [0.2, 0.25) is 0 Å². The minimum absolute atomic E-state index is 0.0155. The molecule has 0 radical (unpaired) electrons. The van der Waals surface area contributed by atoms with Gasteiger partial charge in [-0.15, -0.1) is 11.3 Å². The molecule has 0 unspecified atom stereocenters. The highest BCUT2D eigenvalue weighted by Gasteiger charge is 2.20. The van der Waals surface area contributed by atoms with Crippen LogP contribution in [0.1, 0.15) is 40.9 Å². The van der Waals surface area contributed by atoms with Crippen molar-refractivity contribution >= 4 is 23.2 Å². The highest BCUT2D eigenvalue weighted by Crippen LogP contribution is 2.23. The van der Waals surface area contributed by atoms with Crippen molar-refractivity contribution in [2.45, 2.75) is 34.1 Å². The molecule has 4 nitrogen and oxygen atoms in total. The average molecular weight is 283 g/mol. The number of amides is 1. The second kappa shape index (κ2) is 7.28. The van der Waals surface area contributed by atoms with Gasteiger partial charge < -0.3 is 9.64 Å². The molecule has 0 aliphatic carbocycles. The summed E-state index contributed by atoms with van der Waals surface area (Å²) in [6.45, 7) is 8.55. The molecule has 19 heavy (non-hydrogen) atoms. The van der Waals surface area contributed by atoms with Gasteiger partial charge in [0, 0.05) is 11.4 Å². The number of hydrogen-bond donors (Lipinski definition) is 0. The summed E-state index contributed by atoms with van der Waals surface area (Å²) in [6, 6.07) is 1.93. The highest BCUT2D eigenvalue weighted by atomic mass is 32.1. The molecular weight excluding hydrogens is 262 g/mol. The van der Waals surface area contributed by atoms with Crippen molar-refractivity contribution in [2.75, 3.05) is 19.7 Å². The van der Waals surface area contributed by atoms with Crippen LogP contribution in [0.25, 0.3) is 0 Å². The molecule has 1 heterocycles. The van der Waals surface area contributed by atoms with Crippen molar-refractivity contribution in [3.05, 3.63) is 21.4 Å². The number of rotatable bonds is 6. The lowest BCUT2D eigenvalue weighted by Crippen LogP contribution is -2.35. The normalized spacial score (nSPS) is 10.3. The molecule has 0 aliphatic rings. The highest BCUT2D eigenvalue weighted by molar-refractivity contribution is 7.14. The molecule has 0 spiro atoms. The fraction of sp³-hybridized carbons (Fsp3) is 0.571. The van der Waals surface area contributed by atoms with E-state index in [-0.39, 0.29) is 18.4 Å². The van der Waals surface area contributed by atoms with E-state index in [0.29, 0.717) is 18.0 Å².